The van der Waals surface area contributed by atoms with Gasteiger partial charge < -0.3 is 5.11 Å². The predicted molar refractivity (Wildman–Crippen MR) is 111 cm³/mol. The lowest BCUT2D eigenvalue weighted by Crippen LogP contribution is -2.46. The lowest BCUT2D eigenvalue weighted by atomic mass is 9.86. The molecule has 1 heterocycles. The van der Waals surface area contributed by atoms with E-state index in [1.54, 1.807) is 60.7 Å². The molecule has 0 amide bonds. The number of nitro groups is 1. The maximum absolute atomic E-state index is 13.6. The van der Waals surface area contributed by atoms with Gasteiger partial charge in [-0.2, -0.15) is 4.31 Å². The zero-order valence-corrected chi connectivity index (χ0v) is 16.9. The van der Waals surface area contributed by atoms with Gasteiger partial charge in [0.2, 0.25) is 10.0 Å². The average Bonchev–Trinajstić information content (AvgIpc) is 2.74. The van der Waals surface area contributed by atoms with E-state index < -0.39 is 33.3 Å². The fourth-order valence-corrected chi connectivity index (χ4v) is 5.57. The SMILES string of the molecule is Cc1ccc(S(=O)(=O)N2C(O)c3ccccc3[C@H]([N+](=O)[O-])[C@H]2c2ccccc2)cc1. The maximum Gasteiger partial charge on any atom is 0.259 e. The number of hydrogen-bond donors (Lipinski definition) is 1. The van der Waals surface area contributed by atoms with Gasteiger partial charge in [-0.3, -0.25) is 10.1 Å². The highest BCUT2D eigenvalue weighted by Crippen LogP contribution is 2.49. The minimum atomic E-state index is -4.26. The summed E-state index contributed by atoms with van der Waals surface area (Å²) in [5.74, 6) is 0. The Bertz CT molecular complexity index is 1180. The molecule has 0 aromatic heterocycles. The van der Waals surface area contributed by atoms with Gasteiger partial charge in [-0.05, 0) is 24.6 Å². The molecule has 3 aromatic rings. The topological polar surface area (TPSA) is 101 Å². The molecule has 30 heavy (non-hydrogen) atoms. The van der Waals surface area contributed by atoms with E-state index in [0.29, 0.717) is 11.1 Å². The van der Waals surface area contributed by atoms with Gasteiger partial charge in [0.1, 0.15) is 12.3 Å². The van der Waals surface area contributed by atoms with Crippen LogP contribution in [0.3, 0.4) is 0 Å². The van der Waals surface area contributed by atoms with E-state index in [0.717, 1.165) is 9.87 Å². The van der Waals surface area contributed by atoms with Gasteiger partial charge in [0.05, 0.1) is 4.90 Å². The van der Waals surface area contributed by atoms with Crippen LogP contribution in [0.4, 0.5) is 0 Å². The fourth-order valence-electron chi connectivity index (χ4n) is 3.94. The first kappa shape index (κ1) is 20.2. The molecule has 0 saturated carbocycles. The van der Waals surface area contributed by atoms with Crippen molar-refractivity contribution in [3.8, 4) is 0 Å². The second-order valence-electron chi connectivity index (χ2n) is 7.24. The van der Waals surface area contributed by atoms with Crippen molar-refractivity contribution >= 4 is 10.0 Å². The molecule has 1 unspecified atom stereocenters. The van der Waals surface area contributed by atoms with Crippen molar-refractivity contribution in [3.05, 3.63) is 111 Å². The number of aliphatic hydroxyl groups excluding tert-OH is 1. The molecule has 1 aliphatic heterocycles. The minimum absolute atomic E-state index is 0.0328. The smallest absolute Gasteiger partial charge is 0.259 e. The molecule has 0 fully saturated rings. The predicted octanol–water partition coefficient (Wildman–Crippen LogP) is 3.75. The van der Waals surface area contributed by atoms with E-state index in [1.807, 2.05) is 6.92 Å². The molecule has 4 rings (SSSR count). The summed E-state index contributed by atoms with van der Waals surface area (Å²) >= 11 is 0. The zero-order chi connectivity index (χ0) is 21.5. The van der Waals surface area contributed by atoms with Gasteiger partial charge in [0, 0.05) is 16.1 Å². The van der Waals surface area contributed by atoms with E-state index in [4.69, 9.17) is 0 Å². The molecule has 0 spiro atoms. The highest BCUT2D eigenvalue weighted by molar-refractivity contribution is 7.89. The quantitative estimate of drug-likeness (QED) is 0.508. The number of benzene rings is 3. The van der Waals surface area contributed by atoms with Crippen LogP contribution in [-0.4, -0.2) is 22.8 Å². The molecular formula is C22H20N2O5S. The number of aryl methyl sites for hydroxylation is 1. The van der Waals surface area contributed by atoms with Gasteiger partial charge in [0.25, 0.3) is 6.04 Å². The molecule has 8 heteroatoms. The van der Waals surface area contributed by atoms with Crippen molar-refractivity contribution in [3.63, 3.8) is 0 Å². The Morgan fingerprint density at radius 2 is 1.47 bits per heavy atom. The van der Waals surface area contributed by atoms with Gasteiger partial charge >= 0.3 is 0 Å². The van der Waals surface area contributed by atoms with Crippen LogP contribution in [0, 0.1) is 17.0 Å². The first-order chi connectivity index (χ1) is 14.3. The summed E-state index contributed by atoms with van der Waals surface area (Å²) in [5, 5.41) is 23.3. The Labute approximate surface area is 174 Å². The zero-order valence-electron chi connectivity index (χ0n) is 16.1. The van der Waals surface area contributed by atoms with Crippen LogP contribution >= 0.6 is 0 Å². The summed E-state index contributed by atoms with van der Waals surface area (Å²) in [4.78, 5) is 11.6. The van der Waals surface area contributed by atoms with Crippen molar-refractivity contribution in [2.45, 2.75) is 30.1 Å². The number of rotatable bonds is 4. The van der Waals surface area contributed by atoms with Crippen molar-refractivity contribution < 1.29 is 18.4 Å². The standard InChI is InChI=1S/C22H20N2O5S/c1-15-11-13-17(14-12-15)30(28,29)23-20(16-7-3-2-4-8-16)21(24(26)27)18-9-5-6-10-19(18)22(23)25/h2-14,20-22,25H,1H3/t20-,21+,22?/m1/s1. The van der Waals surface area contributed by atoms with Crippen LogP contribution in [0.2, 0.25) is 0 Å². The lowest BCUT2D eigenvalue weighted by molar-refractivity contribution is -0.540. The summed E-state index contributed by atoms with van der Waals surface area (Å²) in [6, 6.07) is 18.4. The highest BCUT2D eigenvalue weighted by atomic mass is 32.2. The summed E-state index contributed by atoms with van der Waals surface area (Å²) in [5.41, 5.74) is 1.82. The van der Waals surface area contributed by atoms with Crippen LogP contribution in [0.1, 0.15) is 40.6 Å². The van der Waals surface area contributed by atoms with Crippen LogP contribution in [0.5, 0.6) is 0 Å². The Balaban J connectivity index is 1.99. The molecular weight excluding hydrogens is 404 g/mol. The third kappa shape index (κ3) is 3.28. The molecule has 0 aliphatic carbocycles. The summed E-state index contributed by atoms with van der Waals surface area (Å²) in [6.07, 6.45) is -1.56. The van der Waals surface area contributed by atoms with Crippen LogP contribution in [0.25, 0.3) is 0 Å². The largest absolute Gasteiger partial charge is 0.373 e. The van der Waals surface area contributed by atoms with Crippen LogP contribution in [0.15, 0.2) is 83.8 Å². The van der Waals surface area contributed by atoms with Crippen LogP contribution in [-0.2, 0) is 10.0 Å². The summed E-state index contributed by atoms with van der Waals surface area (Å²) in [6.45, 7) is 1.83. The second-order valence-corrected chi connectivity index (χ2v) is 9.08. The van der Waals surface area contributed by atoms with Gasteiger partial charge in [0.15, 0.2) is 0 Å². The van der Waals surface area contributed by atoms with Crippen molar-refractivity contribution in [1.29, 1.82) is 0 Å². The van der Waals surface area contributed by atoms with E-state index in [1.165, 1.54) is 18.2 Å². The van der Waals surface area contributed by atoms with E-state index >= 15 is 0 Å². The maximum atomic E-state index is 13.6. The Kier molecular flexibility index (Phi) is 5.15. The monoisotopic (exact) mass is 424 g/mol. The Morgan fingerprint density at radius 1 is 0.900 bits per heavy atom. The minimum Gasteiger partial charge on any atom is -0.373 e. The third-order valence-corrected chi connectivity index (χ3v) is 7.22. The molecule has 7 nitrogen and oxygen atoms in total. The van der Waals surface area contributed by atoms with Crippen molar-refractivity contribution in [1.82, 2.24) is 4.31 Å². The molecule has 3 aromatic carbocycles. The number of hydrogen-bond acceptors (Lipinski definition) is 5. The van der Waals surface area contributed by atoms with E-state index in [9.17, 15) is 23.6 Å². The van der Waals surface area contributed by atoms with Crippen molar-refractivity contribution in [2.75, 3.05) is 0 Å². The fraction of sp³-hybridized carbons (Fsp3) is 0.182. The first-order valence-corrected chi connectivity index (χ1v) is 10.8. The summed E-state index contributed by atoms with van der Waals surface area (Å²) in [7, 11) is -4.26. The van der Waals surface area contributed by atoms with Gasteiger partial charge in [-0.1, -0.05) is 72.3 Å². The van der Waals surface area contributed by atoms with Gasteiger partial charge in [-0.15, -0.1) is 0 Å². The number of sulfonamides is 1. The van der Waals surface area contributed by atoms with Gasteiger partial charge in [-0.25, -0.2) is 8.42 Å². The van der Waals surface area contributed by atoms with E-state index in [-0.39, 0.29) is 10.5 Å². The van der Waals surface area contributed by atoms with E-state index in [2.05, 4.69) is 0 Å². The number of aliphatic hydroxyl groups is 1. The lowest BCUT2D eigenvalue weighted by Gasteiger charge is -2.40. The average molecular weight is 424 g/mol. The molecule has 1 aliphatic rings. The normalized spacial score (nSPS) is 21.7. The molecule has 154 valence electrons. The Morgan fingerprint density at radius 3 is 2.07 bits per heavy atom. The number of fused-ring (bicyclic) bond motifs is 1. The second kappa shape index (κ2) is 7.64. The Hall–Kier alpha value is -3.07. The molecule has 1 N–H and O–H groups in total. The van der Waals surface area contributed by atoms with Crippen LogP contribution < -0.4 is 0 Å². The molecule has 0 radical (unpaired) electrons. The third-order valence-electron chi connectivity index (χ3n) is 5.37. The van der Waals surface area contributed by atoms with Crippen molar-refractivity contribution in [2.24, 2.45) is 0 Å². The molecule has 0 bridgehead atoms. The number of nitrogens with zero attached hydrogens (tertiary/aromatic N) is 2. The first-order valence-electron chi connectivity index (χ1n) is 9.38. The highest BCUT2D eigenvalue weighted by Gasteiger charge is 2.52. The molecule has 3 atom stereocenters. The summed E-state index contributed by atoms with van der Waals surface area (Å²) < 4.78 is 28.1. The molecule has 0 saturated heterocycles.